The van der Waals surface area contributed by atoms with Crippen LogP contribution in [0.2, 0.25) is 0 Å². The third kappa shape index (κ3) is 64.4. The average molecular weight is 1110 g/mol. The summed E-state index contributed by atoms with van der Waals surface area (Å²) >= 11 is 0. The molecule has 0 bridgehead atoms. The Labute approximate surface area is 494 Å². The summed E-state index contributed by atoms with van der Waals surface area (Å²) in [6.07, 6.45) is 94.5. The van der Waals surface area contributed by atoms with Gasteiger partial charge in [0.1, 0.15) is 13.2 Å². The van der Waals surface area contributed by atoms with E-state index in [1.54, 1.807) is 0 Å². The van der Waals surface area contributed by atoms with Crippen molar-refractivity contribution in [2.75, 3.05) is 13.2 Å². The largest absolute Gasteiger partial charge is 0.462 e. The number of allylic oxidation sites excluding steroid dienone is 22. The Hall–Kier alpha value is -4.45. The Balaban J connectivity index is 4.43. The Morgan fingerprint density at radius 1 is 0.263 bits per heavy atom. The van der Waals surface area contributed by atoms with Crippen LogP contribution in [0.3, 0.4) is 0 Å². The van der Waals surface area contributed by atoms with Crippen molar-refractivity contribution in [2.24, 2.45) is 0 Å². The Morgan fingerprint density at radius 2 is 0.500 bits per heavy atom. The van der Waals surface area contributed by atoms with Crippen molar-refractivity contribution < 1.29 is 28.6 Å². The van der Waals surface area contributed by atoms with Gasteiger partial charge in [-0.15, -0.1) is 0 Å². The molecule has 0 aliphatic heterocycles. The molecular weight excluding hydrogens is 985 g/mol. The van der Waals surface area contributed by atoms with Crippen molar-refractivity contribution in [3.8, 4) is 0 Å². The molecule has 0 aromatic carbocycles. The van der Waals surface area contributed by atoms with Gasteiger partial charge in [-0.25, -0.2) is 0 Å². The van der Waals surface area contributed by atoms with E-state index in [1.807, 2.05) is 0 Å². The predicted molar refractivity (Wildman–Crippen MR) is 348 cm³/mol. The molecule has 0 amide bonds. The van der Waals surface area contributed by atoms with Crippen LogP contribution in [-0.2, 0) is 28.6 Å². The van der Waals surface area contributed by atoms with E-state index < -0.39 is 6.10 Å². The van der Waals surface area contributed by atoms with Crippen LogP contribution in [0.15, 0.2) is 134 Å². The molecule has 6 heteroatoms. The third-order valence-electron chi connectivity index (χ3n) is 13.9. The molecule has 1 atom stereocenters. The third-order valence-corrected chi connectivity index (χ3v) is 13.9. The van der Waals surface area contributed by atoms with Crippen LogP contribution in [-0.4, -0.2) is 37.2 Å². The normalized spacial score (nSPS) is 13.0. The standard InChI is InChI=1S/C74H122O6/c1-4-7-10-13-16-19-22-25-28-30-32-34-36-37-39-40-42-44-46-49-52-55-58-61-64-67-73(76)79-70-71(69-78-72(75)66-63-60-57-54-51-48-27-24-21-18-15-12-9-6-3)80-74(77)68-65-62-59-56-53-50-47-45-43-41-38-35-33-31-29-26-23-20-17-14-11-8-5-2/h8,11,15,17-18,20,22,24-27,29-30,32-33,35-37,41,43,47,50,71H,4-7,9-10,12-14,16,19,21,23,28,31,34,38-40,42,44-46,48-49,51-70H2,1-3H3/b11-8-,18-15-,20-17-,25-22-,27-24-,29-26-,32-30-,35-33-,37-36-,43-41-,50-47-. The van der Waals surface area contributed by atoms with Gasteiger partial charge < -0.3 is 14.2 Å². The molecule has 0 radical (unpaired) electrons. The first kappa shape index (κ1) is 75.5. The first-order valence-electron chi connectivity index (χ1n) is 33.2. The minimum atomic E-state index is -0.806. The van der Waals surface area contributed by atoms with Gasteiger partial charge in [-0.2, -0.15) is 0 Å². The van der Waals surface area contributed by atoms with Gasteiger partial charge in [0.2, 0.25) is 0 Å². The maximum atomic E-state index is 12.9. The van der Waals surface area contributed by atoms with Crippen LogP contribution in [0.25, 0.3) is 0 Å². The van der Waals surface area contributed by atoms with E-state index in [0.29, 0.717) is 12.8 Å². The smallest absolute Gasteiger partial charge is 0.306 e. The maximum absolute atomic E-state index is 12.9. The molecule has 80 heavy (non-hydrogen) atoms. The van der Waals surface area contributed by atoms with E-state index in [-0.39, 0.29) is 37.5 Å². The van der Waals surface area contributed by atoms with Crippen LogP contribution in [0.4, 0.5) is 0 Å². The molecule has 0 heterocycles. The van der Waals surface area contributed by atoms with E-state index >= 15 is 0 Å². The predicted octanol–water partition coefficient (Wildman–Crippen LogP) is 22.9. The van der Waals surface area contributed by atoms with Gasteiger partial charge in [-0.1, -0.05) is 276 Å². The number of unbranched alkanes of at least 4 members (excludes halogenated alkanes) is 26. The van der Waals surface area contributed by atoms with Gasteiger partial charge >= 0.3 is 17.9 Å². The van der Waals surface area contributed by atoms with Crippen molar-refractivity contribution in [2.45, 2.75) is 303 Å². The van der Waals surface area contributed by atoms with Crippen LogP contribution in [0.1, 0.15) is 297 Å². The summed E-state index contributed by atoms with van der Waals surface area (Å²) in [6.45, 7) is 6.45. The lowest BCUT2D eigenvalue weighted by Crippen LogP contribution is -2.30. The highest BCUT2D eigenvalue weighted by molar-refractivity contribution is 5.71. The molecule has 6 nitrogen and oxygen atoms in total. The fourth-order valence-electron chi connectivity index (χ4n) is 8.88. The van der Waals surface area contributed by atoms with Gasteiger partial charge in [0.05, 0.1) is 0 Å². The Kier molecular flexibility index (Phi) is 63.3. The fourth-order valence-corrected chi connectivity index (χ4v) is 8.88. The highest BCUT2D eigenvalue weighted by Gasteiger charge is 2.19. The quantitative estimate of drug-likeness (QED) is 0.0261. The second-order valence-corrected chi connectivity index (χ2v) is 21.6. The molecule has 0 aromatic rings. The lowest BCUT2D eigenvalue weighted by atomic mass is 10.1. The molecule has 0 aliphatic carbocycles. The number of carbonyl (C=O) groups excluding carboxylic acids is 3. The summed E-state index contributed by atoms with van der Waals surface area (Å²) in [5.41, 5.74) is 0. The second-order valence-electron chi connectivity index (χ2n) is 21.6. The molecule has 0 saturated heterocycles. The minimum absolute atomic E-state index is 0.0987. The van der Waals surface area contributed by atoms with Crippen molar-refractivity contribution in [1.29, 1.82) is 0 Å². The zero-order valence-corrected chi connectivity index (χ0v) is 52.0. The summed E-state index contributed by atoms with van der Waals surface area (Å²) in [4.78, 5) is 38.4. The van der Waals surface area contributed by atoms with Crippen molar-refractivity contribution >= 4 is 17.9 Å². The summed E-state index contributed by atoms with van der Waals surface area (Å²) in [5.74, 6) is -0.939. The Bertz CT molecular complexity index is 1700. The minimum Gasteiger partial charge on any atom is -0.462 e. The summed E-state index contributed by atoms with van der Waals surface area (Å²) in [5, 5.41) is 0. The van der Waals surface area contributed by atoms with Crippen LogP contribution < -0.4 is 0 Å². The monoisotopic (exact) mass is 1110 g/mol. The summed E-state index contributed by atoms with van der Waals surface area (Å²) in [7, 11) is 0. The first-order valence-corrected chi connectivity index (χ1v) is 33.2. The highest BCUT2D eigenvalue weighted by Crippen LogP contribution is 2.15. The summed E-state index contributed by atoms with van der Waals surface area (Å²) < 4.78 is 16.9. The number of esters is 3. The van der Waals surface area contributed by atoms with Gasteiger partial charge in [0, 0.05) is 19.3 Å². The van der Waals surface area contributed by atoms with Gasteiger partial charge in [-0.3, -0.25) is 14.4 Å². The Morgan fingerprint density at radius 3 is 0.800 bits per heavy atom. The number of ether oxygens (including phenoxy) is 3. The van der Waals surface area contributed by atoms with Crippen molar-refractivity contribution in [3.63, 3.8) is 0 Å². The van der Waals surface area contributed by atoms with E-state index in [0.717, 1.165) is 148 Å². The number of rotatable bonds is 59. The number of carbonyl (C=O) groups is 3. The van der Waals surface area contributed by atoms with Gasteiger partial charge in [0.25, 0.3) is 0 Å². The first-order chi connectivity index (χ1) is 39.5. The van der Waals surface area contributed by atoms with Crippen LogP contribution in [0, 0.1) is 0 Å². The number of hydrogen-bond acceptors (Lipinski definition) is 6. The average Bonchev–Trinajstić information content (AvgIpc) is 3.46. The van der Waals surface area contributed by atoms with Gasteiger partial charge in [0.15, 0.2) is 6.10 Å². The molecule has 0 fully saturated rings. The van der Waals surface area contributed by atoms with E-state index in [4.69, 9.17) is 14.2 Å². The van der Waals surface area contributed by atoms with Gasteiger partial charge in [-0.05, 0) is 135 Å². The molecule has 0 aromatic heterocycles. The maximum Gasteiger partial charge on any atom is 0.306 e. The SMILES string of the molecule is CC/C=C\C/C=C\C/C=C\C/C=C\C/C=C\C/C=C\CCCCCCC(=O)OC(COC(=O)CCCCCCC/C=C\C/C=C\CCCC)COC(=O)CCCCCCCCCCCC/C=C\C/C=C\C/C=C\CCCCCCC. The molecule has 0 rings (SSSR count). The molecule has 0 N–H and O–H groups in total. The molecule has 454 valence electrons. The molecule has 0 spiro atoms. The molecule has 1 unspecified atom stereocenters. The van der Waals surface area contributed by atoms with E-state index in [9.17, 15) is 14.4 Å². The summed E-state index contributed by atoms with van der Waals surface area (Å²) in [6, 6.07) is 0. The molecule has 0 aliphatic rings. The zero-order chi connectivity index (χ0) is 57.8. The van der Waals surface area contributed by atoms with Crippen LogP contribution >= 0.6 is 0 Å². The van der Waals surface area contributed by atoms with E-state index in [1.165, 1.54) is 109 Å². The zero-order valence-electron chi connectivity index (χ0n) is 52.0. The van der Waals surface area contributed by atoms with E-state index in [2.05, 4.69) is 154 Å². The van der Waals surface area contributed by atoms with Crippen molar-refractivity contribution in [3.05, 3.63) is 134 Å². The van der Waals surface area contributed by atoms with Crippen molar-refractivity contribution in [1.82, 2.24) is 0 Å². The number of hydrogen-bond donors (Lipinski definition) is 0. The second kappa shape index (κ2) is 67.1. The van der Waals surface area contributed by atoms with Crippen LogP contribution in [0.5, 0.6) is 0 Å². The highest BCUT2D eigenvalue weighted by atomic mass is 16.6. The fraction of sp³-hybridized carbons (Fsp3) is 0.662. The topological polar surface area (TPSA) is 78.9 Å². The lowest BCUT2D eigenvalue weighted by Gasteiger charge is -2.18. The molecular formula is C74H122O6. The molecule has 0 saturated carbocycles. The lowest BCUT2D eigenvalue weighted by molar-refractivity contribution is -0.167.